The zero-order valence-electron chi connectivity index (χ0n) is 11.8. The van der Waals surface area contributed by atoms with E-state index in [1.807, 2.05) is 0 Å². The van der Waals surface area contributed by atoms with Crippen LogP contribution in [0.3, 0.4) is 0 Å². The number of urea groups is 1. The molecule has 1 rings (SSSR count). The van der Waals surface area contributed by atoms with Gasteiger partial charge in [0.2, 0.25) is 0 Å². The van der Waals surface area contributed by atoms with E-state index in [9.17, 15) is 9.59 Å². The van der Waals surface area contributed by atoms with Crippen molar-refractivity contribution in [3.8, 4) is 0 Å². The molecule has 6 nitrogen and oxygen atoms in total. The van der Waals surface area contributed by atoms with Gasteiger partial charge in [0.25, 0.3) is 0 Å². The zero-order chi connectivity index (χ0) is 14.3. The Bertz CT molecular complexity index is 302. The molecule has 0 aromatic carbocycles. The van der Waals surface area contributed by atoms with Crippen molar-refractivity contribution in [1.82, 2.24) is 15.5 Å². The Hall–Kier alpha value is -1.30. The van der Waals surface area contributed by atoms with Crippen LogP contribution in [0.5, 0.6) is 0 Å². The fourth-order valence-corrected chi connectivity index (χ4v) is 2.22. The van der Waals surface area contributed by atoms with E-state index < -0.39 is 18.0 Å². The normalized spacial score (nSPS) is 18.1. The summed E-state index contributed by atoms with van der Waals surface area (Å²) >= 11 is 0. The van der Waals surface area contributed by atoms with Gasteiger partial charge in [-0.15, -0.1) is 0 Å². The number of carbonyl (C=O) groups is 2. The minimum atomic E-state index is -0.999. The fourth-order valence-electron chi connectivity index (χ4n) is 2.22. The number of likely N-dealkylation sites (tertiary alicyclic amines) is 1. The van der Waals surface area contributed by atoms with Gasteiger partial charge in [-0.2, -0.15) is 0 Å². The number of carbonyl (C=O) groups excluding carboxylic acids is 1. The summed E-state index contributed by atoms with van der Waals surface area (Å²) in [6, 6.07) is -1.24. The molecular formula is C13H25N3O3. The largest absolute Gasteiger partial charge is 0.480 e. The third-order valence-corrected chi connectivity index (χ3v) is 3.38. The molecule has 0 unspecified atom stereocenters. The minimum absolute atomic E-state index is 0.134. The topological polar surface area (TPSA) is 81.7 Å². The molecule has 0 spiro atoms. The van der Waals surface area contributed by atoms with Crippen molar-refractivity contribution in [2.45, 2.75) is 39.2 Å². The van der Waals surface area contributed by atoms with Crippen LogP contribution in [0.1, 0.15) is 33.1 Å². The summed E-state index contributed by atoms with van der Waals surface area (Å²) in [4.78, 5) is 24.9. The van der Waals surface area contributed by atoms with Crippen molar-refractivity contribution in [2.75, 3.05) is 26.2 Å². The van der Waals surface area contributed by atoms with E-state index in [0.29, 0.717) is 6.54 Å². The summed E-state index contributed by atoms with van der Waals surface area (Å²) in [7, 11) is 0. The van der Waals surface area contributed by atoms with E-state index in [0.717, 1.165) is 19.6 Å². The molecule has 1 aliphatic rings. The lowest BCUT2D eigenvalue weighted by Crippen LogP contribution is -2.50. The maximum atomic E-state index is 11.6. The number of nitrogens with zero attached hydrogens (tertiary/aromatic N) is 1. The smallest absolute Gasteiger partial charge is 0.326 e. The number of carboxylic acid groups (broad SMARTS) is 1. The molecule has 19 heavy (non-hydrogen) atoms. The molecule has 1 fully saturated rings. The summed E-state index contributed by atoms with van der Waals surface area (Å²) in [5.74, 6) is -1.13. The SMILES string of the molecule is CC(C)[C@H](NC(=O)NCCN1CCCCC1)C(=O)O. The average molecular weight is 271 g/mol. The average Bonchev–Trinajstić information content (AvgIpc) is 2.36. The second-order valence-electron chi connectivity index (χ2n) is 5.36. The number of nitrogens with one attached hydrogen (secondary N) is 2. The first-order chi connectivity index (χ1) is 9.00. The zero-order valence-corrected chi connectivity index (χ0v) is 11.8. The molecule has 0 aromatic rings. The van der Waals surface area contributed by atoms with Gasteiger partial charge in [-0.3, -0.25) is 0 Å². The molecular weight excluding hydrogens is 246 g/mol. The van der Waals surface area contributed by atoms with Crippen LogP contribution in [0.4, 0.5) is 4.79 Å². The maximum absolute atomic E-state index is 11.6. The second-order valence-corrected chi connectivity index (χ2v) is 5.36. The van der Waals surface area contributed by atoms with Gasteiger partial charge in [-0.25, -0.2) is 9.59 Å². The highest BCUT2D eigenvalue weighted by molar-refractivity contribution is 5.82. The van der Waals surface area contributed by atoms with E-state index in [4.69, 9.17) is 5.11 Å². The quantitative estimate of drug-likeness (QED) is 0.670. The predicted octanol–water partition coefficient (Wildman–Crippen LogP) is 0.881. The number of piperidine rings is 1. The number of amides is 2. The molecule has 6 heteroatoms. The Morgan fingerprint density at radius 3 is 2.37 bits per heavy atom. The van der Waals surface area contributed by atoms with E-state index in [1.54, 1.807) is 13.8 Å². The third kappa shape index (κ3) is 5.92. The Morgan fingerprint density at radius 2 is 1.84 bits per heavy atom. The summed E-state index contributed by atoms with van der Waals surface area (Å²) in [5, 5.41) is 14.2. The van der Waals surface area contributed by atoms with Crippen molar-refractivity contribution < 1.29 is 14.7 Å². The number of carboxylic acids is 1. The summed E-state index contributed by atoms with van der Waals surface area (Å²) in [6.45, 7) is 7.10. The van der Waals surface area contributed by atoms with Gasteiger partial charge in [0.1, 0.15) is 6.04 Å². The number of aliphatic carboxylic acids is 1. The Morgan fingerprint density at radius 1 is 1.21 bits per heavy atom. The molecule has 0 radical (unpaired) electrons. The third-order valence-electron chi connectivity index (χ3n) is 3.38. The highest BCUT2D eigenvalue weighted by Gasteiger charge is 2.23. The van der Waals surface area contributed by atoms with Gasteiger partial charge in [0, 0.05) is 13.1 Å². The van der Waals surface area contributed by atoms with Crippen molar-refractivity contribution in [2.24, 2.45) is 5.92 Å². The van der Waals surface area contributed by atoms with Gasteiger partial charge in [0.05, 0.1) is 0 Å². The molecule has 0 aromatic heterocycles. The van der Waals surface area contributed by atoms with Crippen molar-refractivity contribution in [1.29, 1.82) is 0 Å². The molecule has 0 aliphatic carbocycles. The van der Waals surface area contributed by atoms with Crippen molar-refractivity contribution in [3.05, 3.63) is 0 Å². The summed E-state index contributed by atoms with van der Waals surface area (Å²) in [5.41, 5.74) is 0. The maximum Gasteiger partial charge on any atom is 0.326 e. The van der Waals surface area contributed by atoms with Crippen LogP contribution in [-0.4, -0.2) is 54.2 Å². The molecule has 1 saturated heterocycles. The van der Waals surface area contributed by atoms with Crippen LogP contribution < -0.4 is 10.6 Å². The highest BCUT2D eigenvalue weighted by Crippen LogP contribution is 2.07. The van der Waals surface area contributed by atoms with Crippen molar-refractivity contribution >= 4 is 12.0 Å². The molecule has 2 amide bonds. The van der Waals surface area contributed by atoms with E-state index >= 15 is 0 Å². The molecule has 1 atom stereocenters. The lowest BCUT2D eigenvalue weighted by Gasteiger charge is -2.26. The Balaban J connectivity index is 2.21. The van der Waals surface area contributed by atoms with Crippen LogP contribution in [-0.2, 0) is 4.79 Å². The first-order valence-corrected chi connectivity index (χ1v) is 7.00. The first kappa shape index (κ1) is 15.8. The summed E-state index contributed by atoms with van der Waals surface area (Å²) in [6.07, 6.45) is 3.74. The van der Waals surface area contributed by atoms with Crippen LogP contribution in [0, 0.1) is 5.92 Å². The van der Waals surface area contributed by atoms with E-state index in [2.05, 4.69) is 15.5 Å². The molecule has 1 heterocycles. The van der Waals surface area contributed by atoms with Gasteiger partial charge in [-0.1, -0.05) is 20.3 Å². The molecule has 1 aliphatic heterocycles. The highest BCUT2D eigenvalue weighted by atomic mass is 16.4. The van der Waals surface area contributed by atoms with Gasteiger partial charge in [0.15, 0.2) is 0 Å². The monoisotopic (exact) mass is 271 g/mol. The van der Waals surface area contributed by atoms with Gasteiger partial charge in [-0.05, 0) is 31.8 Å². The van der Waals surface area contributed by atoms with Crippen LogP contribution >= 0.6 is 0 Å². The lowest BCUT2D eigenvalue weighted by molar-refractivity contribution is -0.140. The van der Waals surface area contributed by atoms with Crippen LogP contribution in [0.2, 0.25) is 0 Å². The van der Waals surface area contributed by atoms with Gasteiger partial charge >= 0.3 is 12.0 Å². The number of hydrogen-bond donors (Lipinski definition) is 3. The molecule has 3 N–H and O–H groups in total. The van der Waals surface area contributed by atoms with Crippen molar-refractivity contribution in [3.63, 3.8) is 0 Å². The first-order valence-electron chi connectivity index (χ1n) is 7.00. The lowest BCUT2D eigenvalue weighted by atomic mass is 10.1. The number of hydrogen-bond acceptors (Lipinski definition) is 3. The van der Waals surface area contributed by atoms with E-state index in [1.165, 1.54) is 19.3 Å². The Kier molecular flexibility index (Phi) is 6.62. The number of rotatable bonds is 6. The molecule has 0 saturated carbocycles. The standard InChI is InChI=1S/C13H25N3O3/c1-10(2)11(12(17)18)15-13(19)14-6-9-16-7-4-3-5-8-16/h10-11H,3-9H2,1-2H3,(H,17,18)(H2,14,15,19)/t11-/m0/s1. The molecule has 0 bridgehead atoms. The minimum Gasteiger partial charge on any atom is -0.480 e. The predicted molar refractivity (Wildman–Crippen MR) is 73.1 cm³/mol. The van der Waals surface area contributed by atoms with Crippen LogP contribution in [0.25, 0.3) is 0 Å². The van der Waals surface area contributed by atoms with Gasteiger partial charge < -0.3 is 20.6 Å². The fraction of sp³-hybridized carbons (Fsp3) is 0.846. The second kappa shape index (κ2) is 7.99. The molecule has 110 valence electrons. The Labute approximate surface area is 114 Å². The summed E-state index contributed by atoms with van der Waals surface area (Å²) < 4.78 is 0. The van der Waals surface area contributed by atoms with Crippen LogP contribution in [0.15, 0.2) is 0 Å². The van der Waals surface area contributed by atoms with E-state index in [-0.39, 0.29) is 5.92 Å².